The van der Waals surface area contributed by atoms with E-state index in [1.165, 1.54) is 23.5 Å². The van der Waals surface area contributed by atoms with Gasteiger partial charge in [-0.25, -0.2) is 14.4 Å². The molecule has 1 aliphatic rings. The number of nitriles is 1. The minimum Gasteiger partial charge on any atom is -0.367 e. The molecule has 0 spiro atoms. The summed E-state index contributed by atoms with van der Waals surface area (Å²) in [5.41, 5.74) is 5.48. The summed E-state index contributed by atoms with van der Waals surface area (Å²) in [5, 5.41) is 14.1. The topological polar surface area (TPSA) is 72.5 Å². The van der Waals surface area contributed by atoms with Gasteiger partial charge in [0.2, 0.25) is 0 Å². The van der Waals surface area contributed by atoms with Crippen LogP contribution in [0.5, 0.6) is 0 Å². The Morgan fingerprint density at radius 1 is 1.21 bits per heavy atom. The maximum Gasteiger partial charge on any atom is 0.192 e. The number of aromatic nitrogens is 3. The quantitative estimate of drug-likeness (QED) is 0.324. The van der Waals surface area contributed by atoms with Crippen LogP contribution in [0, 0.1) is 24.1 Å². The number of pyridine rings is 1. The maximum atomic E-state index is 13.5. The number of imidazole rings is 1. The highest BCUT2D eigenvalue weighted by molar-refractivity contribution is 7.16. The van der Waals surface area contributed by atoms with Crippen molar-refractivity contribution in [3.05, 3.63) is 58.5 Å². The second-order valence-corrected chi connectivity index (χ2v) is 10.9. The number of fused-ring (bicyclic) bond motifs is 1. The minimum absolute atomic E-state index is 0.0373. The third-order valence-electron chi connectivity index (χ3n) is 6.64. The van der Waals surface area contributed by atoms with E-state index in [4.69, 9.17) is 9.97 Å². The van der Waals surface area contributed by atoms with E-state index in [1.807, 2.05) is 25.8 Å². The summed E-state index contributed by atoms with van der Waals surface area (Å²) in [4.78, 5) is 14.7. The molecule has 0 aliphatic carbocycles. The molecule has 0 radical (unpaired) electrons. The second kappa shape index (κ2) is 11.1. The monoisotopic (exact) mass is 533 g/mol. The summed E-state index contributed by atoms with van der Waals surface area (Å²) in [5.74, 6) is 0.623. The second-order valence-electron chi connectivity index (χ2n) is 9.89. The van der Waals surface area contributed by atoms with E-state index in [-0.39, 0.29) is 11.4 Å². The minimum atomic E-state index is -0.317. The van der Waals surface area contributed by atoms with Gasteiger partial charge in [-0.1, -0.05) is 32.1 Å². The number of halogens is 1. The van der Waals surface area contributed by atoms with Crippen LogP contribution in [0.2, 0.25) is 0 Å². The van der Waals surface area contributed by atoms with Crippen molar-refractivity contribution in [2.75, 3.05) is 36.5 Å². The number of hydrogen-bond donors (Lipinski definition) is 1. The third kappa shape index (κ3) is 5.24. The lowest BCUT2D eigenvalue weighted by Gasteiger charge is -2.40. The SMILES string of the molecule is CC.CCc1nc2c(C)cc(N3CCNC(C)(C)C3)cn2c1N(C)c1nc(-c2ccc(F)cc2)c(C#N)s1. The summed E-state index contributed by atoms with van der Waals surface area (Å²) in [6.45, 7) is 15.4. The van der Waals surface area contributed by atoms with Crippen LogP contribution in [-0.4, -0.2) is 46.6 Å². The van der Waals surface area contributed by atoms with Crippen molar-refractivity contribution >= 4 is 33.6 Å². The van der Waals surface area contributed by atoms with E-state index >= 15 is 0 Å². The first-order valence-electron chi connectivity index (χ1n) is 13.1. The van der Waals surface area contributed by atoms with Gasteiger partial charge in [0.25, 0.3) is 0 Å². The van der Waals surface area contributed by atoms with Crippen LogP contribution >= 0.6 is 11.3 Å². The van der Waals surface area contributed by atoms with Gasteiger partial charge < -0.3 is 15.1 Å². The Labute approximate surface area is 228 Å². The van der Waals surface area contributed by atoms with Gasteiger partial charge in [-0.05, 0) is 63.1 Å². The molecule has 5 rings (SSSR count). The zero-order chi connectivity index (χ0) is 27.6. The number of hydrogen-bond acceptors (Lipinski definition) is 7. The molecule has 38 heavy (non-hydrogen) atoms. The summed E-state index contributed by atoms with van der Waals surface area (Å²) in [7, 11) is 1.97. The van der Waals surface area contributed by atoms with Gasteiger partial charge in [0.05, 0.1) is 11.4 Å². The fourth-order valence-corrected chi connectivity index (χ4v) is 5.73. The Morgan fingerprint density at radius 3 is 2.55 bits per heavy atom. The third-order valence-corrected chi connectivity index (χ3v) is 7.68. The van der Waals surface area contributed by atoms with E-state index in [1.54, 1.807) is 12.1 Å². The normalized spacial score (nSPS) is 14.7. The average molecular weight is 534 g/mol. The van der Waals surface area contributed by atoms with E-state index in [0.717, 1.165) is 60.0 Å². The number of piperazine rings is 1. The molecule has 4 aromatic rings. The van der Waals surface area contributed by atoms with Crippen LogP contribution in [-0.2, 0) is 6.42 Å². The van der Waals surface area contributed by atoms with Gasteiger partial charge in [0, 0.05) is 44.0 Å². The lowest BCUT2D eigenvalue weighted by molar-refractivity contribution is 0.353. The van der Waals surface area contributed by atoms with Crippen molar-refractivity contribution < 1.29 is 4.39 Å². The zero-order valence-corrected chi connectivity index (χ0v) is 24.1. The Kier molecular flexibility index (Phi) is 8.05. The van der Waals surface area contributed by atoms with Crippen molar-refractivity contribution in [1.29, 1.82) is 5.26 Å². The summed E-state index contributed by atoms with van der Waals surface area (Å²) in [6.07, 6.45) is 2.93. The zero-order valence-electron chi connectivity index (χ0n) is 23.3. The van der Waals surface area contributed by atoms with Gasteiger partial charge in [-0.2, -0.15) is 5.26 Å². The molecule has 0 saturated carbocycles. The Hall–Kier alpha value is -3.48. The fraction of sp³-hybridized carbons (Fsp3) is 0.414. The summed E-state index contributed by atoms with van der Waals surface area (Å²) < 4.78 is 15.6. The number of nitrogens with zero attached hydrogens (tertiary/aromatic N) is 6. The van der Waals surface area contributed by atoms with Crippen LogP contribution in [0.25, 0.3) is 16.9 Å². The molecule has 0 unspecified atom stereocenters. The first kappa shape index (κ1) is 27.6. The number of aryl methyl sites for hydroxylation is 2. The molecule has 1 aromatic carbocycles. The molecule has 4 heterocycles. The molecule has 1 fully saturated rings. The summed E-state index contributed by atoms with van der Waals surface area (Å²) in [6, 6.07) is 10.6. The number of nitrogens with one attached hydrogen (secondary N) is 1. The van der Waals surface area contributed by atoms with Crippen molar-refractivity contribution in [3.63, 3.8) is 0 Å². The van der Waals surface area contributed by atoms with Gasteiger partial charge in [-0.15, -0.1) is 0 Å². The van der Waals surface area contributed by atoms with Crippen LogP contribution in [0.4, 0.5) is 21.0 Å². The first-order chi connectivity index (χ1) is 18.2. The number of anilines is 3. The van der Waals surface area contributed by atoms with Crippen molar-refractivity contribution in [2.24, 2.45) is 0 Å². The van der Waals surface area contributed by atoms with Gasteiger partial charge in [0.15, 0.2) is 5.13 Å². The van der Waals surface area contributed by atoms with Crippen LogP contribution in [0.15, 0.2) is 36.5 Å². The molecule has 0 atom stereocenters. The van der Waals surface area contributed by atoms with Crippen LogP contribution < -0.4 is 15.1 Å². The van der Waals surface area contributed by atoms with Crippen molar-refractivity contribution in [3.8, 4) is 17.3 Å². The first-order valence-corrected chi connectivity index (χ1v) is 13.9. The smallest absolute Gasteiger partial charge is 0.192 e. The molecule has 200 valence electrons. The lowest BCUT2D eigenvalue weighted by atomic mass is 10.0. The molecule has 1 N–H and O–H groups in total. The van der Waals surface area contributed by atoms with E-state index in [0.29, 0.717) is 15.7 Å². The predicted molar refractivity (Wildman–Crippen MR) is 155 cm³/mol. The fourth-order valence-electron chi connectivity index (χ4n) is 4.88. The maximum absolute atomic E-state index is 13.5. The standard InChI is InChI=1S/C27H30FN7S.C2H6/c1-6-21-25(33(5)26-32-23(22(14-29)36-26)18-7-9-19(28)10-8-18)35-15-20(13-17(2)24(35)31-21)34-12-11-30-27(3,4)16-34;1-2/h7-10,13,15,30H,6,11-12,16H2,1-5H3;1-2H3. The molecule has 9 heteroatoms. The molecule has 3 aromatic heterocycles. The average Bonchev–Trinajstić information content (AvgIpc) is 3.51. The molecule has 0 amide bonds. The van der Waals surface area contributed by atoms with Gasteiger partial charge >= 0.3 is 0 Å². The Bertz CT molecular complexity index is 1460. The number of rotatable bonds is 5. The highest BCUT2D eigenvalue weighted by Crippen LogP contribution is 2.38. The van der Waals surface area contributed by atoms with E-state index in [2.05, 4.69) is 60.6 Å². The van der Waals surface area contributed by atoms with Crippen molar-refractivity contribution in [1.82, 2.24) is 19.7 Å². The van der Waals surface area contributed by atoms with Gasteiger partial charge in [0.1, 0.15) is 33.9 Å². The molecular weight excluding hydrogens is 497 g/mol. The van der Waals surface area contributed by atoms with E-state index < -0.39 is 0 Å². The summed E-state index contributed by atoms with van der Waals surface area (Å²) >= 11 is 1.33. The van der Waals surface area contributed by atoms with Crippen LogP contribution in [0.1, 0.15) is 50.8 Å². The number of benzene rings is 1. The Balaban J connectivity index is 0.00000164. The highest BCUT2D eigenvalue weighted by atomic mass is 32.1. The molecular formula is C29H36FN7S. The molecule has 1 aliphatic heterocycles. The van der Waals surface area contributed by atoms with Crippen LogP contribution in [0.3, 0.4) is 0 Å². The predicted octanol–water partition coefficient (Wildman–Crippen LogP) is 6.32. The molecule has 7 nitrogen and oxygen atoms in total. The number of thiazole rings is 1. The molecule has 1 saturated heterocycles. The largest absolute Gasteiger partial charge is 0.367 e. The molecule has 0 bridgehead atoms. The Morgan fingerprint density at radius 2 is 1.92 bits per heavy atom. The van der Waals surface area contributed by atoms with E-state index in [9.17, 15) is 9.65 Å². The highest BCUT2D eigenvalue weighted by Gasteiger charge is 2.28. The van der Waals surface area contributed by atoms with Gasteiger partial charge in [-0.3, -0.25) is 4.40 Å². The van der Waals surface area contributed by atoms with Crippen molar-refractivity contribution in [2.45, 2.75) is 53.5 Å². The lowest BCUT2D eigenvalue weighted by Crippen LogP contribution is -2.57.